The Bertz CT molecular complexity index is 421. The molecule has 1 heterocycles. The largest absolute Gasteiger partial charge is 0.385 e. The fraction of sp³-hybridized carbons (Fsp3) is 0.647. The highest BCUT2D eigenvalue weighted by Gasteiger charge is 2.28. The number of unbranched alkanes of at least 4 members (excludes halogenated alkanes) is 1. The lowest BCUT2D eigenvalue weighted by Gasteiger charge is -2.34. The number of hydrogen-bond acceptors (Lipinski definition) is 3. The number of ether oxygens (including phenoxy) is 1. The summed E-state index contributed by atoms with van der Waals surface area (Å²) in [5, 5.41) is 3.73. The molecule has 0 amide bonds. The van der Waals surface area contributed by atoms with E-state index < -0.39 is 0 Å². The summed E-state index contributed by atoms with van der Waals surface area (Å²) in [6.45, 7) is 8.62. The van der Waals surface area contributed by atoms with E-state index in [1.54, 1.807) is 7.11 Å². The summed E-state index contributed by atoms with van der Waals surface area (Å²) in [7, 11) is 1.78. The van der Waals surface area contributed by atoms with E-state index in [0.717, 1.165) is 39.1 Å². The molecular formula is C17H28N2O. The molecular weight excluding hydrogens is 248 g/mol. The van der Waals surface area contributed by atoms with Crippen LogP contribution < -0.4 is 10.2 Å². The second-order valence-corrected chi connectivity index (χ2v) is 6.02. The second kappa shape index (κ2) is 7.09. The van der Waals surface area contributed by atoms with Gasteiger partial charge in [-0.05, 0) is 37.8 Å². The fourth-order valence-electron chi connectivity index (χ4n) is 2.83. The number of rotatable bonds is 6. The molecule has 0 saturated heterocycles. The Labute approximate surface area is 123 Å². The van der Waals surface area contributed by atoms with Crippen LogP contribution in [0.1, 0.15) is 38.7 Å². The summed E-state index contributed by atoms with van der Waals surface area (Å²) in [5.74, 6) is 0. The van der Waals surface area contributed by atoms with E-state index in [4.69, 9.17) is 4.74 Å². The Morgan fingerprint density at radius 1 is 1.30 bits per heavy atom. The molecule has 1 atom stereocenters. The summed E-state index contributed by atoms with van der Waals surface area (Å²) >= 11 is 0. The molecule has 0 spiro atoms. The predicted molar refractivity (Wildman–Crippen MR) is 85.3 cm³/mol. The first-order chi connectivity index (χ1) is 9.68. The van der Waals surface area contributed by atoms with Gasteiger partial charge in [0.15, 0.2) is 0 Å². The van der Waals surface area contributed by atoms with Gasteiger partial charge in [-0.3, -0.25) is 0 Å². The molecule has 20 heavy (non-hydrogen) atoms. The minimum atomic E-state index is 0.195. The Morgan fingerprint density at radius 3 is 2.85 bits per heavy atom. The highest BCUT2D eigenvalue weighted by Crippen LogP contribution is 2.27. The molecule has 0 aromatic heterocycles. The van der Waals surface area contributed by atoms with E-state index in [9.17, 15) is 0 Å². The van der Waals surface area contributed by atoms with Crippen LogP contribution in [0.2, 0.25) is 0 Å². The van der Waals surface area contributed by atoms with Gasteiger partial charge in [0.25, 0.3) is 0 Å². The SMILES string of the molecule is CCC1(C)CN(CCCCOC)c2ccccc2CN1. The van der Waals surface area contributed by atoms with Crippen LogP contribution in [0.15, 0.2) is 24.3 Å². The average molecular weight is 276 g/mol. The van der Waals surface area contributed by atoms with Gasteiger partial charge in [0.2, 0.25) is 0 Å². The number of nitrogens with one attached hydrogen (secondary N) is 1. The predicted octanol–water partition coefficient (Wildman–Crippen LogP) is 3.19. The molecule has 0 saturated carbocycles. The van der Waals surface area contributed by atoms with Crippen LogP contribution in [-0.2, 0) is 11.3 Å². The third-order valence-corrected chi connectivity index (χ3v) is 4.38. The highest BCUT2D eigenvalue weighted by atomic mass is 16.5. The Morgan fingerprint density at radius 2 is 2.10 bits per heavy atom. The standard InChI is InChI=1S/C17H28N2O/c1-4-17(2)14-19(11-7-8-12-20-3)16-10-6-5-9-15(16)13-18-17/h5-6,9-10,18H,4,7-8,11-14H2,1-3H3. The molecule has 1 aromatic carbocycles. The first-order valence-corrected chi connectivity index (χ1v) is 7.75. The molecule has 3 nitrogen and oxygen atoms in total. The summed E-state index contributed by atoms with van der Waals surface area (Å²) < 4.78 is 5.16. The van der Waals surface area contributed by atoms with Crippen LogP contribution in [0.3, 0.4) is 0 Å². The van der Waals surface area contributed by atoms with Gasteiger partial charge in [0.1, 0.15) is 0 Å². The normalized spacial score (nSPS) is 22.4. The van der Waals surface area contributed by atoms with Crippen molar-refractivity contribution < 1.29 is 4.74 Å². The topological polar surface area (TPSA) is 24.5 Å². The monoisotopic (exact) mass is 276 g/mol. The minimum absolute atomic E-state index is 0.195. The molecule has 1 aliphatic rings. The summed E-state index contributed by atoms with van der Waals surface area (Å²) in [6, 6.07) is 8.79. The van der Waals surface area contributed by atoms with Gasteiger partial charge in [-0.2, -0.15) is 0 Å². The maximum absolute atomic E-state index is 5.16. The lowest BCUT2D eigenvalue weighted by Crippen LogP contribution is -2.49. The third-order valence-electron chi connectivity index (χ3n) is 4.38. The van der Waals surface area contributed by atoms with Crippen LogP contribution in [0.5, 0.6) is 0 Å². The van der Waals surface area contributed by atoms with E-state index in [2.05, 4.69) is 48.3 Å². The summed E-state index contributed by atoms with van der Waals surface area (Å²) in [4.78, 5) is 2.55. The van der Waals surface area contributed by atoms with Crippen LogP contribution in [0.25, 0.3) is 0 Å². The summed E-state index contributed by atoms with van der Waals surface area (Å²) in [6.07, 6.45) is 3.46. The minimum Gasteiger partial charge on any atom is -0.385 e. The van der Waals surface area contributed by atoms with Gasteiger partial charge in [-0.15, -0.1) is 0 Å². The summed E-state index contributed by atoms with van der Waals surface area (Å²) in [5.41, 5.74) is 3.01. The molecule has 0 aliphatic carbocycles. The molecule has 1 aliphatic heterocycles. The lowest BCUT2D eigenvalue weighted by atomic mass is 9.98. The number of nitrogens with zero attached hydrogens (tertiary/aromatic N) is 1. The van der Waals surface area contributed by atoms with Gasteiger partial charge in [0, 0.05) is 44.6 Å². The number of methoxy groups -OCH3 is 1. The Kier molecular flexibility index (Phi) is 5.44. The quantitative estimate of drug-likeness (QED) is 0.808. The molecule has 0 radical (unpaired) electrons. The van der Waals surface area contributed by atoms with E-state index in [-0.39, 0.29) is 5.54 Å². The van der Waals surface area contributed by atoms with Crippen molar-refractivity contribution in [3.8, 4) is 0 Å². The van der Waals surface area contributed by atoms with Crippen molar-refractivity contribution in [3.05, 3.63) is 29.8 Å². The maximum atomic E-state index is 5.16. The number of hydrogen-bond donors (Lipinski definition) is 1. The average Bonchev–Trinajstić information content (AvgIpc) is 2.62. The molecule has 1 N–H and O–H groups in total. The van der Waals surface area contributed by atoms with E-state index >= 15 is 0 Å². The zero-order chi connectivity index (χ0) is 14.4. The van der Waals surface area contributed by atoms with Gasteiger partial charge in [-0.25, -0.2) is 0 Å². The molecule has 0 fully saturated rings. The van der Waals surface area contributed by atoms with Gasteiger partial charge in [-0.1, -0.05) is 25.1 Å². The van der Waals surface area contributed by atoms with Crippen molar-refractivity contribution >= 4 is 5.69 Å². The smallest absolute Gasteiger partial charge is 0.0462 e. The van der Waals surface area contributed by atoms with Gasteiger partial charge in [0.05, 0.1) is 0 Å². The van der Waals surface area contributed by atoms with Crippen molar-refractivity contribution in [2.24, 2.45) is 0 Å². The molecule has 2 rings (SSSR count). The molecule has 3 heteroatoms. The second-order valence-electron chi connectivity index (χ2n) is 6.02. The van der Waals surface area contributed by atoms with Crippen LogP contribution in [0, 0.1) is 0 Å². The van der Waals surface area contributed by atoms with Gasteiger partial charge >= 0.3 is 0 Å². The molecule has 0 bridgehead atoms. The van der Waals surface area contributed by atoms with Gasteiger partial charge < -0.3 is 15.0 Å². The van der Waals surface area contributed by atoms with Crippen molar-refractivity contribution in [2.45, 2.75) is 45.2 Å². The Balaban J connectivity index is 2.11. The number of fused-ring (bicyclic) bond motifs is 1. The zero-order valence-corrected chi connectivity index (χ0v) is 13.1. The number of benzene rings is 1. The van der Waals surface area contributed by atoms with E-state index in [0.29, 0.717) is 0 Å². The van der Waals surface area contributed by atoms with Crippen molar-refractivity contribution in [1.82, 2.24) is 5.32 Å². The van der Waals surface area contributed by atoms with Crippen molar-refractivity contribution in [2.75, 3.05) is 31.7 Å². The van der Waals surface area contributed by atoms with Crippen LogP contribution >= 0.6 is 0 Å². The number of para-hydroxylation sites is 1. The number of anilines is 1. The van der Waals surface area contributed by atoms with E-state index in [1.807, 2.05) is 0 Å². The zero-order valence-electron chi connectivity index (χ0n) is 13.1. The Hall–Kier alpha value is -1.06. The third kappa shape index (κ3) is 3.74. The lowest BCUT2D eigenvalue weighted by molar-refractivity contribution is 0.193. The van der Waals surface area contributed by atoms with E-state index in [1.165, 1.54) is 17.7 Å². The first kappa shape index (κ1) is 15.3. The maximum Gasteiger partial charge on any atom is 0.0462 e. The molecule has 1 unspecified atom stereocenters. The van der Waals surface area contributed by atoms with Crippen molar-refractivity contribution in [3.63, 3.8) is 0 Å². The van der Waals surface area contributed by atoms with Crippen LogP contribution in [-0.4, -0.2) is 32.3 Å². The molecule has 112 valence electrons. The molecule has 1 aromatic rings. The fourth-order valence-corrected chi connectivity index (χ4v) is 2.83. The first-order valence-electron chi connectivity index (χ1n) is 7.75. The highest BCUT2D eigenvalue weighted by molar-refractivity contribution is 5.55. The van der Waals surface area contributed by atoms with Crippen molar-refractivity contribution in [1.29, 1.82) is 0 Å². The van der Waals surface area contributed by atoms with Crippen LogP contribution in [0.4, 0.5) is 5.69 Å².